The molecule has 1 unspecified atom stereocenters. The van der Waals surface area contributed by atoms with Crippen molar-refractivity contribution < 1.29 is 14.3 Å². The Morgan fingerprint density at radius 1 is 1.39 bits per heavy atom. The zero-order valence-electron chi connectivity index (χ0n) is 13.8. The third-order valence-electron chi connectivity index (χ3n) is 4.12. The van der Waals surface area contributed by atoms with Gasteiger partial charge in [0.25, 0.3) is 0 Å². The minimum absolute atomic E-state index is 0.0659. The second-order valence-corrected chi connectivity index (χ2v) is 7.04. The molecule has 0 saturated carbocycles. The fourth-order valence-electron chi connectivity index (χ4n) is 2.48. The van der Waals surface area contributed by atoms with Gasteiger partial charge in [-0.1, -0.05) is 12.1 Å². The summed E-state index contributed by atoms with van der Waals surface area (Å²) in [5, 5.41) is 3.03. The fourth-order valence-corrected chi connectivity index (χ4v) is 3.30. The van der Waals surface area contributed by atoms with Crippen LogP contribution in [-0.4, -0.2) is 44.1 Å². The van der Waals surface area contributed by atoms with E-state index in [9.17, 15) is 4.79 Å². The van der Waals surface area contributed by atoms with Gasteiger partial charge in [0.15, 0.2) is 0 Å². The Morgan fingerprint density at radius 3 is 2.65 bits per heavy atom. The minimum atomic E-state index is -0.803. The maximum absolute atomic E-state index is 12.4. The number of rotatable bonds is 7. The number of benzene rings is 1. The average molecular weight is 338 g/mol. The standard InChI is InChI=1S/C17H26N2O3S/c1-13(19-16(20)17(18)7-9-22-10-8-17)14-3-5-15(6-4-14)23-12-11-21-2/h3-6,13H,7-12,18H2,1-2H3,(H,19,20). The number of carbonyl (C=O) groups is 1. The molecule has 1 amide bonds. The molecule has 5 nitrogen and oxygen atoms in total. The molecule has 6 heteroatoms. The summed E-state index contributed by atoms with van der Waals surface area (Å²) in [5.41, 5.74) is 6.48. The van der Waals surface area contributed by atoms with Gasteiger partial charge in [0, 0.05) is 31.0 Å². The summed E-state index contributed by atoms with van der Waals surface area (Å²) < 4.78 is 10.3. The van der Waals surface area contributed by atoms with Gasteiger partial charge in [-0.15, -0.1) is 11.8 Å². The van der Waals surface area contributed by atoms with Gasteiger partial charge in [-0.25, -0.2) is 0 Å². The van der Waals surface area contributed by atoms with Crippen LogP contribution in [0.2, 0.25) is 0 Å². The smallest absolute Gasteiger partial charge is 0.240 e. The van der Waals surface area contributed by atoms with Crippen LogP contribution in [0.5, 0.6) is 0 Å². The van der Waals surface area contributed by atoms with Crippen molar-refractivity contribution in [2.75, 3.05) is 32.7 Å². The predicted molar refractivity (Wildman–Crippen MR) is 92.6 cm³/mol. The number of carbonyl (C=O) groups excluding carboxylic acids is 1. The van der Waals surface area contributed by atoms with E-state index in [1.165, 1.54) is 4.90 Å². The van der Waals surface area contributed by atoms with Crippen molar-refractivity contribution in [3.8, 4) is 0 Å². The highest BCUT2D eigenvalue weighted by molar-refractivity contribution is 7.99. The Labute approximate surface area is 142 Å². The van der Waals surface area contributed by atoms with E-state index in [1.54, 1.807) is 18.9 Å². The molecular formula is C17H26N2O3S. The van der Waals surface area contributed by atoms with Gasteiger partial charge in [-0.2, -0.15) is 0 Å². The molecule has 0 spiro atoms. The third kappa shape index (κ3) is 5.21. The Bertz CT molecular complexity index is 501. The van der Waals surface area contributed by atoms with Crippen LogP contribution in [0.25, 0.3) is 0 Å². The van der Waals surface area contributed by atoms with Crippen molar-refractivity contribution >= 4 is 17.7 Å². The first-order chi connectivity index (χ1) is 11.0. The molecule has 1 saturated heterocycles. The van der Waals surface area contributed by atoms with E-state index in [2.05, 4.69) is 17.4 Å². The number of amides is 1. The van der Waals surface area contributed by atoms with E-state index in [1.807, 2.05) is 19.1 Å². The first-order valence-corrected chi connectivity index (χ1v) is 8.93. The molecule has 2 rings (SSSR count). The Balaban J connectivity index is 1.89. The summed E-state index contributed by atoms with van der Waals surface area (Å²) in [6.07, 6.45) is 1.14. The van der Waals surface area contributed by atoms with Gasteiger partial charge in [0.05, 0.1) is 18.2 Å². The lowest BCUT2D eigenvalue weighted by Crippen LogP contribution is -2.57. The molecule has 1 aromatic carbocycles. The van der Waals surface area contributed by atoms with E-state index in [0.29, 0.717) is 26.1 Å². The molecule has 128 valence electrons. The molecule has 3 N–H and O–H groups in total. The summed E-state index contributed by atoms with van der Waals surface area (Å²) in [5.74, 6) is 0.840. The monoisotopic (exact) mass is 338 g/mol. The van der Waals surface area contributed by atoms with Crippen LogP contribution in [0, 0.1) is 0 Å². The first-order valence-electron chi connectivity index (χ1n) is 7.94. The van der Waals surface area contributed by atoms with Crippen LogP contribution < -0.4 is 11.1 Å². The van der Waals surface area contributed by atoms with Crippen molar-refractivity contribution in [3.05, 3.63) is 29.8 Å². The van der Waals surface area contributed by atoms with Crippen LogP contribution in [0.3, 0.4) is 0 Å². The molecule has 1 fully saturated rings. The maximum Gasteiger partial charge on any atom is 0.240 e. The van der Waals surface area contributed by atoms with Crippen molar-refractivity contribution in [2.45, 2.75) is 36.2 Å². The summed E-state index contributed by atoms with van der Waals surface area (Å²) in [4.78, 5) is 13.6. The molecule has 0 radical (unpaired) electrons. The molecular weight excluding hydrogens is 312 g/mol. The van der Waals surface area contributed by atoms with Crippen molar-refractivity contribution in [2.24, 2.45) is 5.73 Å². The third-order valence-corrected chi connectivity index (χ3v) is 5.10. The Hall–Kier alpha value is -1.08. The highest BCUT2D eigenvalue weighted by Gasteiger charge is 2.36. The van der Waals surface area contributed by atoms with Gasteiger partial charge in [-0.05, 0) is 37.5 Å². The SMILES string of the molecule is COCCSc1ccc(C(C)NC(=O)C2(N)CCOCC2)cc1. The lowest BCUT2D eigenvalue weighted by molar-refractivity contribution is -0.130. The minimum Gasteiger partial charge on any atom is -0.384 e. The van der Waals surface area contributed by atoms with E-state index >= 15 is 0 Å². The highest BCUT2D eigenvalue weighted by atomic mass is 32.2. The van der Waals surface area contributed by atoms with Crippen molar-refractivity contribution in [1.29, 1.82) is 0 Å². The highest BCUT2D eigenvalue weighted by Crippen LogP contribution is 2.23. The van der Waals surface area contributed by atoms with Gasteiger partial charge in [0.2, 0.25) is 5.91 Å². The van der Waals surface area contributed by atoms with Crippen LogP contribution in [-0.2, 0) is 14.3 Å². The van der Waals surface area contributed by atoms with Crippen LogP contribution in [0.15, 0.2) is 29.2 Å². The number of thioether (sulfide) groups is 1. The Morgan fingerprint density at radius 2 is 2.04 bits per heavy atom. The topological polar surface area (TPSA) is 73.6 Å². The molecule has 0 aliphatic carbocycles. The van der Waals surface area contributed by atoms with Crippen molar-refractivity contribution in [3.63, 3.8) is 0 Å². The van der Waals surface area contributed by atoms with E-state index in [4.69, 9.17) is 15.2 Å². The molecule has 1 heterocycles. The normalized spacial score (nSPS) is 18.4. The quantitative estimate of drug-likeness (QED) is 0.588. The number of hydrogen-bond donors (Lipinski definition) is 2. The van der Waals surface area contributed by atoms with Gasteiger partial charge < -0.3 is 20.5 Å². The second-order valence-electron chi connectivity index (χ2n) is 5.87. The maximum atomic E-state index is 12.4. The van der Waals surface area contributed by atoms with E-state index in [-0.39, 0.29) is 11.9 Å². The summed E-state index contributed by atoms with van der Waals surface area (Å²) in [6, 6.07) is 8.18. The molecule has 1 atom stereocenters. The lowest BCUT2D eigenvalue weighted by Gasteiger charge is -2.33. The zero-order chi connectivity index (χ0) is 16.7. The van der Waals surface area contributed by atoms with Gasteiger partial charge in [-0.3, -0.25) is 4.79 Å². The number of hydrogen-bond acceptors (Lipinski definition) is 5. The van der Waals surface area contributed by atoms with Crippen LogP contribution in [0.4, 0.5) is 0 Å². The van der Waals surface area contributed by atoms with Crippen molar-refractivity contribution in [1.82, 2.24) is 5.32 Å². The fraction of sp³-hybridized carbons (Fsp3) is 0.588. The molecule has 23 heavy (non-hydrogen) atoms. The number of methoxy groups -OCH3 is 1. The van der Waals surface area contributed by atoms with Gasteiger partial charge >= 0.3 is 0 Å². The van der Waals surface area contributed by atoms with Gasteiger partial charge in [0.1, 0.15) is 0 Å². The van der Waals surface area contributed by atoms with Crippen LogP contribution in [0.1, 0.15) is 31.4 Å². The zero-order valence-corrected chi connectivity index (χ0v) is 14.7. The lowest BCUT2D eigenvalue weighted by atomic mass is 9.90. The Kier molecular flexibility index (Phi) is 6.89. The van der Waals surface area contributed by atoms with E-state index in [0.717, 1.165) is 17.9 Å². The molecule has 1 aliphatic heterocycles. The summed E-state index contributed by atoms with van der Waals surface area (Å²) in [6.45, 7) is 3.81. The molecule has 1 aliphatic rings. The molecule has 1 aromatic rings. The predicted octanol–water partition coefficient (Wildman–Crippen LogP) is 2.11. The molecule has 0 bridgehead atoms. The largest absolute Gasteiger partial charge is 0.384 e. The number of nitrogens with one attached hydrogen (secondary N) is 1. The second kappa shape index (κ2) is 8.68. The number of ether oxygens (including phenoxy) is 2. The van der Waals surface area contributed by atoms with Crippen LogP contribution >= 0.6 is 11.8 Å². The molecule has 0 aromatic heterocycles. The summed E-state index contributed by atoms with van der Waals surface area (Å²) in [7, 11) is 1.71. The first kappa shape index (κ1) is 18.3. The number of nitrogens with two attached hydrogens (primary N) is 1. The van der Waals surface area contributed by atoms with E-state index < -0.39 is 5.54 Å². The average Bonchev–Trinajstić information content (AvgIpc) is 2.56. The summed E-state index contributed by atoms with van der Waals surface area (Å²) >= 11 is 1.76.